The second-order valence-electron chi connectivity index (χ2n) is 5.47. The van der Waals surface area contributed by atoms with Crippen molar-refractivity contribution in [2.75, 3.05) is 6.61 Å². The minimum atomic E-state index is -0.694. The first-order valence-electron chi connectivity index (χ1n) is 8.08. The van der Waals surface area contributed by atoms with Crippen LogP contribution in [0.4, 0.5) is 0 Å². The van der Waals surface area contributed by atoms with Crippen LogP contribution in [-0.4, -0.2) is 24.5 Å². The van der Waals surface area contributed by atoms with Crippen LogP contribution in [-0.2, 0) is 9.59 Å². The molecule has 2 rings (SSSR count). The second-order valence-corrected chi connectivity index (χ2v) is 5.47. The molecule has 0 aliphatic rings. The van der Waals surface area contributed by atoms with Gasteiger partial charge in [-0.15, -0.1) is 0 Å². The molecular formula is C19H22N2O4. The van der Waals surface area contributed by atoms with Crippen molar-refractivity contribution in [1.29, 1.82) is 0 Å². The molecule has 0 aliphatic heterocycles. The Balaban J connectivity index is 1.75. The molecule has 0 aromatic heterocycles. The Hall–Kier alpha value is -3.02. The Morgan fingerprint density at radius 2 is 1.64 bits per heavy atom. The number of aryl methyl sites for hydroxylation is 1. The molecule has 2 N–H and O–H groups in total. The third kappa shape index (κ3) is 6.18. The maximum atomic E-state index is 12.1. The first-order chi connectivity index (χ1) is 12.1. The van der Waals surface area contributed by atoms with Crippen molar-refractivity contribution < 1.29 is 19.1 Å². The lowest BCUT2D eigenvalue weighted by Gasteiger charge is -2.17. The van der Waals surface area contributed by atoms with Gasteiger partial charge in [-0.2, -0.15) is 0 Å². The van der Waals surface area contributed by atoms with Gasteiger partial charge in [-0.25, -0.2) is 0 Å². The number of benzene rings is 2. The van der Waals surface area contributed by atoms with Crippen molar-refractivity contribution in [3.8, 4) is 11.5 Å². The zero-order chi connectivity index (χ0) is 18.1. The Kier molecular flexibility index (Phi) is 6.83. The van der Waals surface area contributed by atoms with Crippen LogP contribution in [0, 0.1) is 6.92 Å². The van der Waals surface area contributed by atoms with Crippen LogP contribution < -0.4 is 20.3 Å². The Morgan fingerprint density at radius 3 is 2.28 bits per heavy atom. The molecular weight excluding hydrogens is 320 g/mol. The van der Waals surface area contributed by atoms with Gasteiger partial charge in [0, 0.05) is 0 Å². The molecule has 0 radical (unpaired) electrons. The molecule has 25 heavy (non-hydrogen) atoms. The second kappa shape index (κ2) is 9.32. The molecule has 0 saturated carbocycles. The van der Waals surface area contributed by atoms with Crippen LogP contribution >= 0.6 is 0 Å². The number of carbonyl (C=O) groups excluding carboxylic acids is 2. The molecule has 0 saturated heterocycles. The summed E-state index contributed by atoms with van der Waals surface area (Å²) in [5, 5.41) is 0. The van der Waals surface area contributed by atoms with Crippen LogP contribution in [0.1, 0.15) is 18.9 Å². The lowest BCUT2D eigenvalue weighted by molar-refractivity contribution is -0.134. The van der Waals surface area contributed by atoms with Crippen molar-refractivity contribution in [2.24, 2.45) is 0 Å². The summed E-state index contributed by atoms with van der Waals surface area (Å²) in [6, 6.07) is 16.4. The van der Waals surface area contributed by atoms with E-state index in [1.807, 2.05) is 44.2 Å². The zero-order valence-corrected chi connectivity index (χ0v) is 14.3. The minimum Gasteiger partial charge on any atom is -0.484 e. The standard InChI is InChI=1S/C19H22N2O4/c1-3-17(25-16-7-5-4-6-8-16)19(23)21-20-18(22)13-24-15-11-9-14(2)10-12-15/h4-12,17H,3,13H2,1-2H3,(H,20,22)(H,21,23). The van der Waals surface area contributed by atoms with Gasteiger partial charge >= 0.3 is 0 Å². The predicted octanol–water partition coefficient (Wildman–Crippen LogP) is 2.38. The highest BCUT2D eigenvalue weighted by Gasteiger charge is 2.18. The van der Waals surface area contributed by atoms with E-state index in [9.17, 15) is 9.59 Å². The molecule has 0 aliphatic carbocycles. The number of hydrogen-bond acceptors (Lipinski definition) is 4. The van der Waals surface area contributed by atoms with E-state index >= 15 is 0 Å². The minimum absolute atomic E-state index is 0.195. The van der Waals surface area contributed by atoms with Crippen LogP contribution in [0.15, 0.2) is 54.6 Å². The van der Waals surface area contributed by atoms with E-state index in [4.69, 9.17) is 9.47 Å². The van der Waals surface area contributed by atoms with Crippen LogP contribution in [0.3, 0.4) is 0 Å². The van der Waals surface area contributed by atoms with Crippen LogP contribution in [0.2, 0.25) is 0 Å². The fourth-order valence-corrected chi connectivity index (χ4v) is 2.02. The molecule has 1 unspecified atom stereocenters. The number of para-hydroxylation sites is 1. The quantitative estimate of drug-likeness (QED) is 0.758. The van der Waals surface area contributed by atoms with E-state index in [1.165, 1.54) is 0 Å². The fourth-order valence-electron chi connectivity index (χ4n) is 2.02. The van der Waals surface area contributed by atoms with Crippen molar-refractivity contribution >= 4 is 11.8 Å². The molecule has 0 heterocycles. The Morgan fingerprint density at radius 1 is 0.960 bits per heavy atom. The molecule has 0 fully saturated rings. The Bertz CT molecular complexity index is 686. The molecule has 0 bridgehead atoms. The molecule has 0 spiro atoms. The number of hydrogen-bond donors (Lipinski definition) is 2. The highest BCUT2D eigenvalue weighted by atomic mass is 16.5. The Labute approximate surface area is 147 Å². The number of rotatable bonds is 7. The molecule has 2 amide bonds. The summed E-state index contributed by atoms with van der Waals surface area (Å²) >= 11 is 0. The molecule has 132 valence electrons. The van der Waals surface area contributed by atoms with E-state index < -0.39 is 17.9 Å². The van der Waals surface area contributed by atoms with Crippen molar-refractivity contribution in [3.05, 3.63) is 60.2 Å². The van der Waals surface area contributed by atoms with E-state index in [2.05, 4.69) is 10.9 Å². The van der Waals surface area contributed by atoms with Gasteiger partial charge in [-0.05, 0) is 37.6 Å². The SMILES string of the molecule is CCC(Oc1ccccc1)C(=O)NNC(=O)COc1ccc(C)cc1. The number of nitrogens with one attached hydrogen (secondary N) is 2. The van der Waals surface area contributed by atoms with E-state index in [-0.39, 0.29) is 6.61 Å². The maximum absolute atomic E-state index is 12.1. The number of carbonyl (C=O) groups is 2. The summed E-state index contributed by atoms with van der Waals surface area (Å²) in [6.07, 6.45) is -0.225. The normalized spacial score (nSPS) is 11.3. The molecule has 6 heteroatoms. The van der Waals surface area contributed by atoms with Gasteiger partial charge in [-0.3, -0.25) is 20.4 Å². The summed E-state index contributed by atoms with van der Waals surface area (Å²) in [5.74, 6) is 0.308. The molecule has 6 nitrogen and oxygen atoms in total. The third-order valence-corrected chi connectivity index (χ3v) is 3.40. The largest absolute Gasteiger partial charge is 0.484 e. The lowest BCUT2D eigenvalue weighted by Crippen LogP contribution is -2.49. The van der Waals surface area contributed by atoms with Gasteiger partial charge in [0.1, 0.15) is 11.5 Å². The zero-order valence-electron chi connectivity index (χ0n) is 14.3. The molecule has 2 aromatic rings. The van der Waals surface area contributed by atoms with Crippen molar-refractivity contribution in [1.82, 2.24) is 10.9 Å². The van der Waals surface area contributed by atoms with E-state index in [0.717, 1.165) is 5.56 Å². The predicted molar refractivity (Wildman–Crippen MR) is 94.1 cm³/mol. The third-order valence-electron chi connectivity index (χ3n) is 3.40. The van der Waals surface area contributed by atoms with Gasteiger partial charge in [0.15, 0.2) is 12.7 Å². The number of hydrazine groups is 1. The van der Waals surface area contributed by atoms with E-state index in [1.54, 1.807) is 24.3 Å². The molecule has 1 atom stereocenters. The highest BCUT2D eigenvalue weighted by molar-refractivity contribution is 5.85. The van der Waals surface area contributed by atoms with Gasteiger partial charge in [-0.1, -0.05) is 42.8 Å². The average molecular weight is 342 g/mol. The van der Waals surface area contributed by atoms with Crippen LogP contribution in [0.5, 0.6) is 11.5 Å². The maximum Gasteiger partial charge on any atom is 0.279 e. The van der Waals surface area contributed by atoms with E-state index in [0.29, 0.717) is 17.9 Å². The van der Waals surface area contributed by atoms with Crippen LogP contribution in [0.25, 0.3) is 0 Å². The van der Waals surface area contributed by atoms with Gasteiger partial charge in [0.2, 0.25) is 0 Å². The summed E-state index contributed by atoms with van der Waals surface area (Å²) in [4.78, 5) is 23.9. The monoisotopic (exact) mass is 342 g/mol. The summed E-state index contributed by atoms with van der Waals surface area (Å²) in [6.45, 7) is 3.60. The van der Waals surface area contributed by atoms with Gasteiger partial charge in [0.05, 0.1) is 0 Å². The lowest BCUT2D eigenvalue weighted by atomic mass is 10.2. The summed E-state index contributed by atoms with van der Waals surface area (Å²) in [5.41, 5.74) is 5.78. The topological polar surface area (TPSA) is 76.7 Å². The number of amides is 2. The molecule has 2 aromatic carbocycles. The smallest absolute Gasteiger partial charge is 0.279 e. The van der Waals surface area contributed by atoms with Crippen molar-refractivity contribution in [3.63, 3.8) is 0 Å². The fraction of sp³-hybridized carbons (Fsp3) is 0.263. The van der Waals surface area contributed by atoms with Crippen molar-refractivity contribution in [2.45, 2.75) is 26.4 Å². The first-order valence-corrected chi connectivity index (χ1v) is 8.08. The van der Waals surface area contributed by atoms with Gasteiger partial charge in [0.25, 0.3) is 11.8 Å². The average Bonchev–Trinajstić information content (AvgIpc) is 2.64. The summed E-state index contributed by atoms with van der Waals surface area (Å²) in [7, 11) is 0. The summed E-state index contributed by atoms with van der Waals surface area (Å²) < 4.78 is 10.9. The number of ether oxygens (including phenoxy) is 2. The highest BCUT2D eigenvalue weighted by Crippen LogP contribution is 2.12. The first kappa shape index (κ1) is 18.3. The van der Waals surface area contributed by atoms with Gasteiger partial charge < -0.3 is 9.47 Å².